The van der Waals surface area contributed by atoms with Crippen LogP contribution in [0.15, 0.2) is 0 Å². The van der Waals surface area contributed by atoms with Crippen LogP contribution in [0.25, 0.3) is 0 Å². The molecule has 0 saturated carbocycles. The Labute approximate surface area is 183 Å². The van der Waals surface area contributed by atoms with Crippen LogP contribution in [0.3, 0.4) is 0 Å². The molecule has 4 N–H and O–H groups in total. The van der Waals surface area contributed by atoms with E-state index in [0.29, 0.717) is 24.8 Å². The van der Waals surface area contributed by atoms with Crippen LogP contribution in [0.4, 0.5) is 5.82 Å². The zero-order chi connectivity index (χ0) is 22.3. The van der Waals surface area contributed by atoms with Gasteiger partial charge in [-0.15, -0.1) is 4.37 Å². The molecule has 2 fully saturated rings. The Morgan fingerprint density at radius 1 is 1.30 bits per heavy atom. The summed E-state index contributed by atoms with van der Waals surface area (Å²) in [5, 5.41) is 27.0. The van der Waals surface area contributed by atoms with E-state index in [1.165, 1.54) is 0 Å². The Balaban J connectivity index is 1.77. The number of anilines is 1. The number of hydrogen-bond acceptors (Lipinski definition) is 10. The fraction of sp³-hybridized carbons (Fsp3) is 0.900. The number of rotatable bonds is 7. The van der Waals surface area contributed by atoms with Crippen LogP contribution in [-0.4, -0.2) is 86.2 Å². The second-order valence-corrected chi connectivity index (χ2v) is 11.0. The third-order valence-electron chi connectivity index (χ3n) is 5.66. The maximum atomic E-state index is 10.3. The van der Waals surface area contributed by atoms with Gasteiger partial charge in [-0.05, 0) is 48.5 Å². The molecule has 0 amide bonds. The molecule has 1 aromatic heterocycles. The van der Waals surface area contributed by atoms with E-state index in [2.05, 4.69) is 52.0 Å². The quantitative estimate of drug-likeness (QED) is 0.485. The van der Waals surface area contributed by atoms with Gasteiger partial charge < -0.3 is 35.2 Å². The molecule has 1 aromatic rings. The summed E-state index contributed by atoms with van der Waals surface area (Å²) in [6.45, 7) is 15.7. The molecule has 4 atom stereocenters. The molecular formula is C20H37N5O4S. The molecule has 30 heavy (non-hydrogen) atoms. The van der Waals surface area contributed by atoms with Crippen molar-refractivity contribution >= 4 is 17.5 Å². The van der Waals surface area contributed by atoms with Crippen LogP contribution in [0.2, 0.25) is 0 Å². The summed E-state index contributed by atoms with van der Waals surface area (Å²) in [5.41, 5.74) is -0.588. The first-order chi connectivity index (χ1) is 13.8. The van der Waals surface area contributed by atoms with Gasteiger partial charge in [0.2, 0.25) is 5.82 Å². The minimum Gasteiger partial charge on any atom is -0.472 e. The van der Waals surface area contributed by atoms with Crippen LogP contribution >= 0.6 is 11.7 Å². The lowest BCUT2D eigenvalue weighted by molar-refractivity contribution is -0.0838. The molecule has 4 unspecified atom stereocenters. The molecule has 3 heterocycles. The molecule has 0 aromatic carbocycles. The topological polar surface area (TPSA) is 112 Å². The first-order valence-corrected chi connectivity index (χ1v) is 11.3. The Morgan fingerprint density at radius 2 is 2.00 bits per heavy atom. The number of β-amino-alcohol motifs (C(OH)–C–C–N with tert-alkyl or cyclic N) is 1. The molecule has 3 rings (SSSR count). The molecular weight excluding hydrogens is 406 g/mol. The zero-order valence-corrected chi connectivity index (χ0v) is 19.9. The second-order valence-electron chi connectivity index (χ2n) is 10.5. The smallest absolute Gasteiger partial charge is 0.270 e. The zero-order valence-electron chi connectivity index (χ0n) is 19.1. The monoisotopic (exact) mass is 443 g/mol. The summed E-state index contributed by atoms with van der Waals surface area (Å²) in [4.78, 5) is 2.15. The van der Waals surface area contributed by atoms with Crippen molar-refractivity contribution in [2.45, 2.75) is 89.4 Å². The molecule has 0 bridgehead atoms. The maximum absolute atomic E-state index is 10.3. The van der Waals surface area contributed by atoms with Gasteiger partial charge in [0, 0.05) is 29.7 Å². The SMILES string of the molecule is CC(C)(C)NCC(O)COc1nsnc1N1CC(CO)OC2C1C(C)(C)NC2(C)C. The van der Waals surface area contributed by atoms with Crippen molar-refractivity contribution in [2.75, 3.05) is 31.2 Å². The number of fused-ring (bicyclic) bond motifs is 1. The number of aliphatic hydroxyl groups excluding tert-OH is 2. The molecule has 2 saturated heterocycles. The Bertz CT molecular complexity index is 720. The predicted molar refractivity (Wildman–Crippen MR) is 117 cm³/mol. The molecule has 172 valence electrons. The minimum absolute atomic E-state index is 0.00553. The van der Waals surface area contributed by atoms with Crippen molar-refractivity contribution in [3.63, 3.8) is 0 Å². The molecule has 0 spiro atoms. The van der Waals surface area contributed by atoms with E-state index in [1.807, 2.05) is 20.8 Å². The first kappa shape index (κ1) is 23.6. The van der Waals surface area contributed by atoms with Gasteiger partial charge in [-0.1, -0.05) is 0 Å². The standard InChI is InChI=1S/C20H37N5O4S/c1-18(2,3)21-8-12(27)11-28-17-16(22-30-23-17)25-9-13(10-26)29-15-14(25)19(4,5)24-20(15,6)7/h12-15,21,24,26-27H,8-11H2,1-7H3. The van der Waals surface area contributed by atoms with Gasteiger partial charge in [0.05, 0.1) is 36.6 Å². The average molecular weight is 444 g/mol. The van der Waals surface area contributed by atoms with Gasteiger partial charge in [-0.2, -0.15) is 4.37 Å². The van der Waals surface area contributed by atoms with E-state index in [4.69, 9.17) is 9.47 Å². The highest BCUT2D eigenvalue weighted by Gasteiger charge is 2.59. The first-order valence-electron chi connectivity index (χ1n) is 10.5. The van der Waals surface area contributed by atoms with Gasteiger partial charge in [0.15, 0.2) is 0 Å². The predicted octanol–water partition coefficient (Wildman–Crippen LogP) is 0.761. The van der Waals surface area contributed by atoms with Crippen molar-refractivity contribution in [2.24, 2.45) is 0 Å². The number of aromatic nitrogens is 2. The summed E-state index contributed by atoms with van der Waals surface area (Å²) in [6, 6.07) is -0.00553. The fourth-order valence-corrected chi connectivity index (χ4v) is 5.06. The van der Waals surface area contributed by atoms with Crippen LogP contribution in [0.1, 0.15) is 48.5 Å². The summed E-state index contributed by atoms with van der Waals surface area (Å²) < 4.78 is 21.0. The third kappa shape index (κ3) is 5.05. The van der Waals surface area contributed by atoms with Crippen LogP contribution < -0.4 is 20.3 Å². The van der Waals surface area contributed by atoms with E-state index in [0.717, 1.165) is 11.7 Å². The Kier molecular flexibility index (Phi) is 6.67. The number of morpholine rings is 1. The van der Waals surface area contributed by atoms with Crippen LogP contribution in [0, 0.1) is 0 Å². The molecule has 2 aliphatic heterocycles. The van der Waals surface area contributed by atoms with Gasteiger partial charge in [0.1, 0.15) is 12.7 Å². The number of aliphatic hydroxyl groups is 2. The normalized spacial score (nSPS) is 29.0. The molecule has 10 heteroatoms. The van der Waals surface area contributed by atoms with Gasteiger partial charge >= 0.3 is 0 Å². The highest BCUT2D eigenvalue weighted by Crippen LogP contribution is 2.43. The van der Waals surface area contributed by atoms with E-state index in [1.54, 1.807) is 0 Å². The van der Waals surface area contributed by atoms with Crippen LogP contribution in [-0.2, 0) is 4.74 Å². The van der Waals surface area contributed by atoms with Crippen molar-refractivity contribution < 1.29 is 19.7 Å². The minimum atomic E-state index is -0.662. The summed E-state index contributed by atoms with van der Waals surface area (Å²) in [7, 11) is 0. The maximum Gasteiger partial charge on any atom is 0.270 e. The second kappa shape index (κ2) is 8.48. The van der Waals surface area contributed by atoms with E-state index < -0.39 is 6.10 Å². The highest BCUT2D eigenvalue weighted by molar-refractivity contribution is 6.99. The van der Waals surface area contributed by atoms with Crippen molar-refractivity contribution in [3.8, 4) is 5.88 Å². The molecule has 0 aliphatic carbocycles. The molecule has 9 nitrogen and oxygen atoms in total. The average Bonchev–Trinajstić information content (AvgIpc) is 3.17. The van der Waals surface area contributed by atoms with Crippen molar-refractivity contribution in [1.82, 2.24) is 19.4 Å². The summed E-state index contributed by atoms with van der Waals surface area (Å²) in [5.74, 6) is 1.05. The number of nitrogens with zero attached hydrogens (tertiary/aromatic N) is 3. The van der Waals surface area contributed by atoms with E-state index >= 15 is 0 Å². The summed E-state index contributed by atoms with van der Waals surface area (Å²) in [6.07, 6.45) is -1.11. The lowest BCUT2D eigenvalue weighted by Crippen LogP contribution is -2.62. The number of hydrogen-bond donors (Lipinski definition) is 4. The highest BCUT2D eigenvalue weighted by atomic mass is 32.1. The van der Waals surface area contributed by atoms with Crippen molar-refractivity contribution in [3.05, 3.63) is 0 Å². The van der Waals surface area contributed by atoms with Gasteiger partial charge in [-0.25, -0.2) is 0 Å². The lowest BCUT2D eigenvalue weighted by Gasteiger charge is -2.46. The third-order valence-corrected chi connectivity index (χ3v) is 6.16. The Morgan fingerprint density at radius 3 is 2.63 bits per heavy atom. The van der Waals surface area contributed by atoms with E-state index in [9.17, 15) is 10.2 Å². The van der Waals surface area contributed by atoms with E-state index in [-0.39, 0.29) is 48.1 Å². The summed E-state index contributed by atoms with van der Waals surface area (Å²) >= 11 is 1.08. The van der Waals surface area contributed by atoms with Crippen molar-refractivity contribution in [1.29, 1.82) is 0 Å². The lowest BCUT2D eigenvalue weighted by atomic mass is 9.88. The molecule has 0 radical (unpaired) electrons. The van der Waals surface area contributed by atoms with Gasteiger partial charge in [-0.3, -0.25) is 0 Å². The largest absolute Gasteiger partial charge is 0.472 e. The number of ether oxygens (including phenoxy) is 2. The van der Waals surface area contributed by atoms with Gasteiger partial charge in [0.25, 0.3) is 5.88 Å². The Hall–Kier alpha value is -1.04. The number of nitrogens with one attached hydrogen (secondary N) is 2. The van der Waals surface area contributed by atoms with Crippen LogP contribution in [0.5, 0.6) is 5.88 Å². The fourth-order valence-electron chi connectivity index (χ4n) is 4.55. The molecule has 2 aliphatic rings.